The van der Waals surface area contributed by atoms with Gasteiger partial charge in [-0.2, -0.15) is 0 Å². The van der Waals surface area contributed by atoms with E-state index in [1.807, 2.05) is 61.2 Å². The highest BCUT2D eigenvalue weighted by molar-refractivity contribution is 5.73. The lowest BCUT2D eigenvalue weighted by Gasteiger charge is -2.38. The van der Waals surface area contributed by atoms with Crippen molar-refractivity contribution in [1.29, 1.82) is 0 Å². The van der Waals surface area contributed by atoms with E-state index < -0.39 is 0 Å². The summed E-state index contributed by atoms with van der Waals surface area (Å²) in [6.45, 7) is 8.89. The van der Waals surface area contributed by atoms with Crippen molar-refractivity contribution in [3.05, 3.63) is 65.2 Å². The SMILES string of the molecule is C#Cc1cccc2c1N(CCC)C1CCN(C(=O)OCc3ccccc3)CC21.CC. The largest absolute Gasteiger partial charge is 0.445 e. The zero-order valence-corrected chi connectivity index (χ0v) is 18.3. The van der Waals surface area contributed by atoms with E-state index in [1.54, 1.807) is 0 Å². The summed E-state index contributed by atoms with van der Waals surface area (Å²) in [7, 11) is 0. The molecule has 2 unspecified atom stereocenters. The van der Waals surface area contributed by atoms with Crippen LogP contribution in [0.3, 0.4) is 0 Å². The van der Waals surface area contributed by atoms with Crippen LogP contribution >= 0.6 is 0 Å². The molecular formula is C26H32N2O2. The van der Waals surface area contributed by atoms with Crippen LogP contribution < -0.4 is 4.90 Å². The van der Waals surface area contributed by atoms with Crippen LogP contribution in [0.5, 0.6) is 0 Å². The third kappa shape index (κ3) is 4.31. The quantitative estimate of drug-likeness (QED) is 0.638. The summed E-state index contributed by atoms with van der Waals surface area (Å²) >= 11 is 0. The summed E-state index contributed by atoms with van der Waals surface area (Å²) in [5, 5.41) is 0. The van der Waals surface area contributed by atoms with E-state index in [4.69, 9.17) is 11.2 Å². The highest BCUT2D eigenvalue weighted by Gasteiger charge is 2.43. The highest BCUT2D eigenvalue weighted by Crippen LogP contribution is 2.46. The molecule has 4 nitrogen and oxygen atoms in total. The smallest absolute Gasteiger partial charge is 0.410 e. The van der Waals surface area contributed by atoms with Gasteiger partial charge in [0.2, 0.25) is 0 Å². The van der Waals surface area contributed by atoms with Gasteiger partial charge in [0.1, 0.15) is 6.61 Å². The van der Waals surface area contributed by atoms with E-state index in [2.05, 4.69) is 23.8 Å². The number of likely N-dealkylation sites (tertiary alicyclic amines) is 1. The zero-order valence-electron chi connectivity index (χ0n) is 18.3. The number of benzene rings is 2. The monoisotopic (exact) mass is 404 g/mol. The summed E-state index contributed by atoms with van der Waals surface area (Å²) in [5.41, 5.74) is 4.43. The molecule has 2 heterocycles. The summed E-state index contributed by atoms with van der Waals surface area (Å²) in [4.78, 5) is 17.0. The summed E-state index contributed by atoms with van der Waals surface area (Å²) in [6.07, 6.45) is 7.56. The Morgan fingerprint density at radius 3 is 2.63 bits per heavy atom. The van der Waals surface area contributed by atoms with Crippen LogP contribution in [0.15, 0.2) is 48.5 Å². The molecule has 2 aliphatic rings. The Morgan fingerprint density at radius 2 is 1.93 bits per heavy atom. The first kappa shape index (κ1) is 21.8. The fourth-order valence-corrected chi connectivity index (χ4v) is 4.58. The molecule has 158 valence electrons. The van der Waals surface area contributed by atoms with Crippen molar-refractivity contribution in [3.8, 4) is 12.3 Å². The lowest BCUT2D eigenvalue weighted by atomic mass is 9.89. The Bertz CT molecular complexity index is 888. The molecule has 2 aromatic carbocycles. The number of fused-ring (bicyclic) bond motifs is 3. The van der Waals surface area contributed by atoms with Gasteiger partial charge in [0.05, 0.1) is 5.69 Å². The van der Waals surface area contributed by atoms with Crippen LogP contribution in [0.2, 0.25) is 0 Å². The molecule has 0 aliphatic carbocycles. The molecule has 30 heavy (non-hydrogen) atoms. The fourth-order valence-electron chi connectivity index (χ4n) is 4.58. The molecule has 1 amide bonds. The second kappa shape index (κ2) is 10.2. The van der Waals surface area contributed by atoms with Crippen LogP contribution in [0, 0.1) is 12.3 Å². The van der Waals surface area contributed by atoms with Gasteiger partial charge in [0.25, 0.3) is 0 Å². The van der Waals surface area contributed by atoms with Crippen molar-refractivity contribution in [2.75, 3.05) is 24.5 Å². The van der Waals surface area contributed by atoms with E-state index in [0.717, 1.165) is 30.5 Å². The van der Waals surface area contributed by atoms with Crippen molar-refractivity contribution in [2.45, 2.75) is 52.2 Å². The van der Waals surface area contributed by atoms with Gasteiger partial charge < -0.3 is 14.5 Å². The molecule has 1 fully saturated rings. The Hall–Kier alpha value is -2.93. The van der Waals surface area contributed by atoms with Gasteiger partial charge in [-0.05, 0) is 30.0 Å². The molecule has 0 bridgehead atoms. The van der Waals surface area contributed by atoms with Gasteiger partial charge in [0, 0.05) is 37.2 Å². The van der Waals surface area contributed by atoms with Gasteiger partial charge in [-0.1, -0.05) is 69.2 Å². The molecule has 2 aliphatic heterocycles. The number of piperidine rings is 1. The standard InChI is InChI=1S/C24H26N2O2.C2H6/c1-3-14-26-22-13-15-25(24(27)28-17-18-9-6-5-7-10-18)16-21(22)20-12-8-11-19(4-2)23(20)26;1-2/h2,5-12,21-22H,3,13-17H2,1H3;1-2H3. The van der Waals surface area contributed by atoms with Crippen molar-refractivity contribution in [3.63, 3.8) is 0 Å². The number of amides is 1. The molecule has 0 N–H and O–H groups in total. The van der Waals surface area contributed by atoms with E-state index in [0.29, 0.717) is 25.7 Å². The Morgan fingerprint density at radius 1 is 1.17 bits per heavy atom. The van der Waals surface area contributed by atoms with Crippen LogP contribution in [-0.2, 0) is 11.3 Å². The maximum atomic E-state index is 12.7. The van der Waals surface area contributed by atoms with E-state index in [9.17, 15) is 4.79 Å². The zero-order chi connectivity index (χ0) is 21.5. The van der Waals surface area contributed by atoms with Crippen LogP contribution in [0.1, 0.15) is 56.2 Å². The second-order valence-electron chi connectivity index (χ2n) is 7.53. The van der Waals surface area contributed by atoms with Crippen LogP contribution in [0.25, 0.3) is 0 Å². The maximum absolute atomic E-state index is 12.7. The number of hydrogen-bond acceptors (Lipinski definition) is 3. The minimum Gasteiger partial charge on any atom is -0.445 e. The van der Waals surface area contributed by atoms with Crippen molar-refractivity contribution < 1.29 is 9.53 Å². The third-order valence-corrected chi connectivity index (χ3v) is 5.81. The summed E-state index contributed by atoms with van der Waals surface area (Å²) in [5.74, 6) is 3.14. The molecule has 0 aromatic heterocycles. The number of carbonyl (C=O) groups is 1. The molecule has 1 saturated heterocycles. The molecule has 2 atom stereocenters. The lowest BCUT2D eigenvalue weighted by molar-refractivity contribution is 0.0837. The number of rotatable bonds is 4. The lowest BCUT2D eigenvalue weighted by Crippen LogP contribution is -2.48. The normalized spacial score (nSPS) is 19.1. The van der Waals surface area contributed by atoms with Gasteiger partial charge in [-0.3, -0.25) is 0 Å². The molecule has 0 radical (unpaired) electrons. The number of hydrogen-bond donors (Lipinski definition) is 0. The Labute approximate surface area is 180 Å². The minimum absolute atomic E-state index is 0.231. The first-order valence-electron chi connectivity index (χ1n) is 11.0. The maximum Gasteiger partial charge on any atom is 0.410 e. The molecular weight excluding hydrogens is 372 g/mol. The molecule has 4 rings (SSSR count). The first-order valence-corrected chi connectivity index (χ1v) is 11.0. The predicted octanol–water partition coefficient (Wildman–Crippen LogP) is 5.42. The minimum atomic E-state index is -0.231. The van der Waals surface area contributed by atoms with E-state index >= 15 is 0 Å². The predicted molar refractivity (Wildman–Crippen MR) is 123 cm³/mol. The van der Waals surface area contributed by atoms with Gasteiger partial charge in [-0.15, -0.1) is 6.42 Å². The van der Waals surface area contributed by atoms with Gasteiger partial charge >= 0.3 is 6.09 Å². The number of carbonyl (C=O) groups excluding carboxylic acids is 1. The van der Waals surface area contributed by atoms with Gasteiger partial charge in [0.15, 0.2) is 0 Å². The van der Waals surface area contributed by atoms with Crippen LogP contribution in [0.4, 0.5) is 10.5 Å². The average Bonchev–Trinajstić information content (AvgIpc) is 3.13. The fraction of sp³-hybridized carbons (Fsp3) is 0.423. The number of anilines is 1. The number of terminal acetylenes is 1. The van der Waals surface area contributed by atoms with Gasteiger partial charge in [-0.25, -0.2) is 4.79 Å². The number of para-hydroxylation sites is 1. The van der Waals surface area contributed by atoms with E-state index in [1.165, 1.54) is 11.3 Å². The summed E-state index contributed by atoms with van der Waals surface area (Å²) in [6, 6.07) is 16.4. The molecule has 0 saturated carbocycles. The topological polar surface area (TPSA) is 32.8 Å². The Balaban J connectivity index is 0.00000124. The highest BCUT2D eigenvalue weighted by atomic mass is 16.6. The Kier molecular flexibility index (Phi) is 7.41. The van der Waals surface area contributed by atoms with Crippen molar-refractivity contribution in [1.82, 2.24) is 4.90 Å². The van der Waals surface area contributed by atoms with Crippen molar-refractivity contribution >= 4 is 11.8 Å². The molecule has 0 spiro atoms. The average molecular weight is 405 g/mol. The molecule has 2 aromatic rings. The van der Waals surface area contributed by atoms with Crippen molar-refractivity contribution in [2.24, 2.45) is 0 Å². The number of nitrogens with zero attached hydrogens (tertiary/aromatic N) is 2. The third-order valence-electron chi connectivity index (χ3n) is 5.81. The second-order valence-corrected chi connectivity index (χ2v) is 7.53. The van der Waals surface area contributed by atoms with Crippen LogP contribution in [-0.4, -0.2) is 36.7 Å². The summed E-state index contributed by atoms with van der Waals surface area (Å²) < 4.78 is 5.56. The number of ether oxygens (including phenoxy) is 1. The molecule has 4 heteroatoms. The van der Waals surface area contributed by atoms with E-state index in [-0.39, 0.29) is 12.0 Å². The first-order chi connectivity index (χ1) is 14.7.